The molecule has 0 aliphatic carbocycles. The van der Waals surface area contributed by atoms with Crippen LogP contribution >= 0.6 is 0 Å². The lowest BCUT2D eigenvalue weighted by atomic mass is 10.1. The summed E-state index contributed by atoms with van der Waals surface area (Å²) < 4.78 is 19.1. The number of carbonyl (C=O) groups excluding carboxylic acids is 1. The fraction of sp³-hybridized carbons (Fsp3) is 0.400. The van der Waals surface area contributed by atoms with E-state index in [0.29, 0.717) is 6.61 Å². The molecule has 3 N–H and O–H groups in total. The normalized spacial score (nSPS) is 21.1. The van der Waals surface area contributed by atoms with E-state index in [4.69, 9.17) is 10.5 Å². The molecule has 2 rings (SSSR count). The second-order valence-electron chi connectivity index (χ2n) is 4.65. The van der Waals surface area contributed by atoms with Crippen molar-refractivity contribution in [3.8, 4) is 11.8 Å². The van der Waals surface area contributed by atoms with Gasteiger partial charge in [-0.25, -0.2) is 4.39 Å². The van der Waals surface area contributed by atoms with Crippen LogP contribution in [-0.2, 0) is 4.74 Å². The monoisotopic (exact) mass is 276 g/mol. The molecule has 0 spiro atoms. The average Bonchev–Trinajstić information content (AvgIpc) is 2.83. The van der Waals surface area contributed by atoms with Crippen LogP contribution in [0.3, 0.4) is 0 Å². The fourth-order valence-corrected chi connectivity index (χ4v) is 2.08. The molecule has 0 radical (unpaired) electrons. The van der Waals surface area contributed by atoms with Gasteiger partial charge in [0, 0.05) is 12.2 Å². The molecule has 4 nitrogen and oxygen atoms in total. The summed E-state index contributed by atoms with van der Waals surface area (Å²) in [6.07, 6.45) is 0.758. The predicted molar refractivity (Wildman–Crippen MR) is 73.6 cm³/mol. The number of halogens is 1. The zero-order valence-corrected chi connectivity index (χ0v) is 11.3. The Hall–Kier alpha value is -1.90. The van der Waals surface area contributed by atoms with Crippen molar-refractivity contribution >= 4 is 5.91 Å². The number of nitrogens with two attached hydrogens (primary N) is 1. The lowest BCUT2D eigenvalue weighted by molar-refractivity contribution is 0.0866. The van der Waals surface area contributed by atoms with Gasteiger partial charge in [0.05, 0.1) is 24.3 Å². The molecule has 1 heterocycles. The van der Waals surface area contributed by atoms with Crippen molar-refractivity contribution in [2.45, 2.75) is 25.5 Å². The highest BCUT2D eigenvalue weighted by Crippen LogP contribution is 2.14. The van der Waals surface area contributed by atoms with Crippen molar-refractivity contribution in [1.82, 2.24) is 5.32 Å². The van der Waals surface area contributed by atoms with Crippen LogP contribution in [0.1, 0.15) is 29.3 Å². The average molecular weight is 276 g/mol. The maximum Gasteiger partial charge on any atom is 0.251 e. The number of nitrogens with one attached hydrogen (secondary N) is 1. The zero-order valence-electron chi connectivity index (χ0n) is 11.3. The Morgan fingerprint density at radius 2 is 2.40 bits per heavy atom. The van der Waals surface area contributed by atoms with Gasteiger partial charge in [0.25, 0.3) is 5.91 Å². The van der Waals surface area contributed by atoms with Gasteiger partial charge in [-0.1, -0.05) is 11.8 Å². The summed E-state index contributed by atoms with van der Waals surface area (Å²) in [6, 6.07) is 4.21. The van der Waals surface area contributed by atoms with E-state index < -0.39 is 5.82 Å². The summed E-state index contributed by atoms with van der Waals surface area (Å²) in [5.41, 5.74) is 5.75. The molecule has 1 aliphatic rings. The first-order valence-electron chi connectivity index (χ1n) is 6.52. The summed E-state index contributed by atoms with van der Waals surface area (Å²) >= 11 is 0. The van der Waals surface area contributed by atoms with E-state index in [0.717, 1.165) is 6.42 Å². The molecule has 1 saturated heterocycles. The van der Waals surface area contributed by atoms with Gasteiger partial charge in [0.1, 0.15) is 5.82 Å². The standard InChI is InChI=1S/C15H17FN2O2/c1-10-14(6-8-20-10)18-15(19)12-5-4-11(3-2-7-17)13(16)9-12/h4-5,9-10,14H,6-8,17H2,1H3,(H,18,19). The van der Waals surface area contributed by atoms with E-state index in [1.807, 2.05) is 6.92 Å². The second kappa shape index (κ2) is 6.51. The molecule has 2 unspecified atom stereocenters. The Morgan fingerprint density at radius 1 is 1.60 bits per heavy atom. The maximum absolute atomic E-state index is 13.8. The topological polar surface area (TPSA) is 64.3 Å². The first kappa shape index (κ1) is 14.5. The lowest BCUT2D eigenvalue weighted by Crippen LogP contribution is -2.39. The number of carbonyl (C=O) groups is 1. The highest BCUT2D eigenvalue weighted by Gasteiger charge is 2.26. The SMILES string of the molecule is CC1OCCC1NC(=O)c1ccc(C#CCN)c(F)c1. The molecule has 1 fully saturated rings. The van der Waals surface area contributed by atoms with Crippen LogP contribution in [0.2, 0.25) is 0 Å². The van der Waals surface area contributed by atoms with Gasteiger partial charge in [-0.05, 0) is 31.5 Å². The highest BCUT2D eigenvalue weighted by molar-refractivity contribution is 5.94. The van der Waals surface area contributed by atoms with E-state index >= 15 is 0 Å². The lowest BCUT2D eigenvalue weighted by Gasteiger charge is -2.16. The van der Waals surface area contributed by atoms with Crippen LogP contribution in [0.15, 0.2) is 18.2 Å². The van der Waals surface area contributed by atoms with E-state index in [-0.39, 0.29) is 35.7 Å². The molecule has 1 amide bonds. The second-order valence-corrected chi connectivity index (χ2v) is 4.65. The third kappa shape index (κ3) is 3.35. The largest absolute Gasteiger partial charge is 0.376 e. The number of benzene rings is 1. The van der Waals surface area contributed by atoms with Crippen molar-refractivity contribution in [3.05, 3.63) is 35.1 Å². The van der Waals surface area contributed by atoms with Crippen molar-refractivity contribution in [2.24, 2.45) is 5.73 Å². The van der Waals surface area contributed by atoms with Gasteiger partial charge < -0.3 is 15.8 Å². The van der Waals surface area contributed by atoms with Crippen molar-refractivity contribution in [3.63, 3.8) is 0 Å². The summed E-state index contributed by atoms with van der Waals surface area (Å²) in [7, 11) is 0. The molecule has 106 valence electrons. The highest BCUT2D eigenvalue weighted by atomic mass is 19.1. The van der Waals surface area contributed by atoms with Gasteiger partial charge in [0.15, 0.2) is 0 Å². The minimum Gasteiger partial charge on any atom is -0.376 e. The summed E-state index contributed by atoms with van der Waals surface area (Å²) in [4.78, 5) is 12.0. The molecule has 5 heteroatoms. The molecule has 1 aliphatic heterocycles. The molecule has 20 heavy (non-hydrogen) atoms. The molecule has 2 atom stereocenters. The summed E-state index contributed by atoms with van der Waals surface area (Å²) in [5, 5.41) is 2.85. The van der Waals surface area contributed by atoms with Gasteiger partial charge in [-0.15, -0.1) is 0 Å². The predicted octanol–water partition coefficient (Wildman–Crippen LogP) is 1.04. The van der Waals surface area contributed by atoms with Crippen LogP contribution in [0.25, 0.3) is 0 Å². The van der Waals surface area contributed by atoms with Crippen LogP contribution in [0, 0.1) is 17.7 Å². The number of rotatable bonds is 2. The minimum atomic E-state index is -0.519. The first-order chi connectivity index (χ1) is 9.61. The van der Waals surface area contributed by atoms with Crippen LogP contribution in [-0.4, -0.2) is 31.2 Å². The van der Waals surface area contributed by atoms with Crippen molar-refractivity contribution < 1.29 is 13.9 Å². The van der Waals surface area contributed by atoms with Crippen LogP contribution in [0.4, 0.5) is 4.39 Å². The van der Waals surface area contributed by atoms with Crippen molar-refractivity contribution in [2.75, 3.05) is 13.2 Å². The van der Waals surface area contributed by atoms with E-state index in [2.05, 4.69) is 17.2 Å². The van der Waals surface area contributed by atoms with Gasteiger partial charge in [-0.2, -0.15) is 0 Å². The molecule has 1 aromatic carbocycles. The minimum absolute atomic E-state index is 0.0153. The fourth-order valence-electron chi connectivity index (χ4n) is 2.08. The number of hydrogen-bond acceptors (Lipinski definition) is 3. The first-order valence-corrected chi connectivity index (χ1v) is 6.52. The number of ether oxygens (including phenoxy) is 1. The van der Waals surface area contributed by atoms with Crippen LogP contribution < -0.4 is 11.1 Å². The maximum atomic E-state index is 13.8. The Bertz CT molecular complexity index is 563. The van der Waals surface area contributed by atoms with Gasteiger partial charge in [0.2, 0.25) is 0 Å². The molecule has 0 saturated carbocycles. The molecule has 0 aromatic heterocycles. The van der Waals surface area contributed by atoms with Gasteiger partial charge in [-0.3, -0.25) is 4.79 Å². The smallest absolute Gasteiger partial charge is 0.251 e. The number of amides is 1. The Balaban J connectivity index is 2.09. The zero-order chi connectivity index (χ0) is 14.5. The molecular formula is C15H17FN2O2. The van der Waals surface area contributed by atoms with E-state index in [9.17, 15) is 9.18 Å². The third-order valence-electron chi connectivity index (χ3n) is 3.25. The van der Waals surface area contributed by atoms with Gasteiger partial charge >= 0.3 is 0 Å². The van der Waals surface area contributed by atoms with Crippen LogP contribution in [0.5, 0.6) is 0 Å². The molecular weight excluding hydrogens is 259 g/mol. The Kier molecular flexibility index (Phi) is 4.72. The van der Waals surface area contributed by atoms with Crippen molar-refractivity contribution in [1.29, 1.82) is 0 Å². The Labute approximate surface area is 117 Å². The number of hydrogen-bond donors (Lipinski definition) is 2. The Morgan fingerprint density at radius 3 is 3.00 bits per heavy atom. The van der Waals surface area contributed by atoms with E-state index in [1.165, 1.54) is 12.1 Å². The molecule has 0 bridgehead atoms. The third-order valence-corrected chi connectivity index (χ3v) is 3.25. The quantitative estimate of drug-likeness (QED) is 0.793. The molecule has 1 aromatic rings. The summed E-state index contributed by atoms with van der Waals surface area (Å²) in [5.74, 6) is 4.38. The summed E-state index contributed by atoms with van der Waals surface area (Å²) in [6.45, 7) is 2.71. The van der Waals surface area contributed by atoms with E-state index in [1.54, 1.807) is 6.07 Å².